The van der Waals surface area contributed by atoms with Gasteiger partial charge in [-0.05, 0) is 77.6 Å². The maximum absolute atomic E-state index is 11.9. The third kappa shape index (κ3) is 13.7. The molecule has 3 aliphatic heterocycles. The van der Waals surface area contributed by atoms with E-state index >= 15 is 0 Å². The first-order chi connectivity index (χ1) is 21.3. The van der Waals surface area contributed by atoms with Gasteiger partial charge in [0.25, 0.3) is 0 Å². The molecule has 0 aliphatic carbocycles. The van der Waals surface area contributed by atoms with Crippen LogP contribution in [0.1, 0.15) is 162 Å². The number of aliphatic hydroxyl groups excluding tert-OH is 3. The quantitative estimate of drug-likeness (QED) is 0.0799. The normalized spacial score (nSPS) is 29.2. The number of Topliss-reactive ketones (excluding diaryl/α,β-unsaturated/α-hetero) is 1. The van der Waals surface area contributed by atoms with Crippen molar-refractivity contribution in [3.05, 3.63) is 0 Å². The predicted molar refractivity (Wildman–Crippen MR) is 171 cm³/mol. The Kier molecular flexibility index (Phi) is 17.8. The van der Waals surface area contributed by atoms with Crippen LogP contribution >= 0.6 is 0 Å². The van der Waals surface area contributed by atoms with Crippen molar-refractivity contribution in [2.75, 3.05) is 0 Å². The van der Waals surface area contributed by atoms with Crippen molar-refractivity contribution < 1.29 is 39.1 Å². The first-order valence-corrected chi connectivity index (χ1v) is 18.3. The molecule has 44 heavy (non-hydrogen) atoms. The number of carbonyl (C=O) groups is 2. The Morgan fingerprint density at radius 3 is 1.80 bits per heavy atom. The van der Waals surface area contributed by atoms with Crippen LogP contribution < -0.4 is 0 Å². The minimum Gasteiger partial charge on any atom is -0.462 e. The molecular formula is C36H64O8. The molecule has 9 atom stereocenters. The fraction of sp³-hybridized carbons (Fsp3) is 0.944. The van der Waals surface area contributed by atoms with Gasteiger partial charge in [-0.1, -0.05) is 77.6 Å². The number of hydrogen-bond donors (Lipinski definition) is 3. The van der Waals surface area contributed by atoms with Gasteiger partial charge in [0.2, 0.25) is 0 Å². The number of rotatable bonds is 24. The van der Waals surface area contributed by atoms with Crippen molar-refractivity contribution >= 4 is 11.8 Å². The van der Waals surface area contributed by atoms with Crippen LogP contribution in [0.15, 0.2) is 0 Å². The van der Waals surface area contributed by atoms with Gasteiger partial charge >= 0.3 is 5.97 Å². The first-order valence-electron chi connectivity index (χ1n) is 18.3. The molecule has 3 aliphatic rings. The Balaban J connectivity index is 1.18. The molecule has 3 fully saturated rings. The molecule has 3 rings (SSSR count). The zero-order chi connectivity index (χ0) is 31.7. The van der Waals surface area contributed by atoms with Gasteiger partial charge in [0.15, 0.2) is 0 Å². The number of esters is 1. The van der Waals surface area contributed by atoms with Crippen LogP contribution in [-0.2, 0) is 23.8 Å². The lowest BCUT2D eigenvalue weighted by atomic mass is 9.96. The number of aliphatic hydroxyl groups is 3. The topological polar surface area (TPSA) is 123 Å². The molecule has 0 radical (unpaired) electrons. The Labute approximate surface area is 267 Å². The van der Waals surface area contributed by atoms with Crippen LogP contribution in [-0.4, -0.2) is 75.9 Å². The highest BCUT2D eigenvalue weighted by Gasteiger charge is 2.36. The van der Waals surface area contributed by atoms with Gasteiger partial charge in [-0.15, -0.1) is 0 Å². The number of hydrogen-bond acceptors (Lipinski definition) is 8. The molecule has 3 N–H and O–H groups in total. The maximum atomic E-state index is 11.9. The molecule has 0 aromatic heterocycles. The van der Waals surface area contributed by atoms with Crippen LogP contribution in [0.2, 0.25) is 0 Å². The summed E-state index contributed by atoms with van der Waals surface area (Å²) in [5.41, 5.74) is 0. The van der Waals surface area contributed by atoms with E-state index in [4.69, 9.17) is 14.2 Å². The fourth-order valence-corrected chi connectivity index (χ4v) is 7.38. The number of unbranched alkanes of at least 4 members (excludes halogenated alkanes) is 10. The van der Waals surface area contributed by atoms with E-state index in [2.05, 4.69) is 6.92 Å². The standard InChI is InChI=1S/C36H64O8/c1-3-4-5-6-7-8-9-14-17-30(38)34-22-23-35(44-34)32(40)20-19-31(39)33-21-18-28(42-33)15-12-10-11-13-16-29-25-27(24-26(2)37)36(41)43-29/h27-35,38-40H,3-25H2,1-2H3/t27-,28-,29-,30+,31+,32-,33-,34+,35-/m1/s1. The molecule has 8 nitrogen and oxygen atoms in total. The van der Waals surface area contributed by atoms with Gasteiger partial charge in [0.1, 0.15) is 11.9 Å². The summed E-state index contributed by atoms with van der Waals surface area (Å²) in [5, 5.41) is 32.1. The first kappa shape index (κ1) is 37.4. The zero-order valence-corrected chi connectivity index (χ0v) is 27.8. The molecule has 256 valence electrons. The van der Waals surface area contributed by atoms with E-state index in [1.54, 1.807) is 0 Å². The van der Waals surface area contributed by atoms with E-state index in [1.807, 2.05) is 0 Å². The van der Waals surface area contributed by atoms with Crippen LogP contribution in [0.5, 0.6) is 0 Å². The molecule has 0 spiro atoms. The minimum absolute atomic E-state index is 0.0384. The lowest BCUT2D eigenvalue weighted by Gasteiger charge is -2.24. The van der Waals surface area contributed by atoms with E-state index in [1.165, 1.54) is 45.4 Å². The molecule has 3 heterocycles. The average molecular weight is 625 g/mol. The maximum Gasteiger partial charge on any atom is 0.309 e. The summed E-state index contributed by atoms with van der Waals surface area (Å²) in [6.07, 6.45) is 20.0. The second kappa shape index (κ2) is 20.9. The summed E-state index contributed by atoms with van der Waals surface area (Å²) >= 11 is 0. The molecule has 0 aromatic rings. The molecule has 0 bridgehead atoms. The van der Waals surface area contributed by atoms with Crippen LogP contribution in [0.3, 0.4) is 0 Å². The molecule has 0 amide bonds. The van der Waals surface area contributed by atoms with Crippen molar-refractivity contribution in [3.63, 3.8) is 0 Å². The number of carbonyl (C=O) groups excluding carboxylic acids is 2. The highest BCUT2D eigenvalue weighted by molar-refractivity contribution is 5.83. The Hall–Kier alpha value is -1.06. The third-order valence-electron chi connectivity index (χ3n) is 10.1. The largest absolute Gasteiger partial charge is 0.462 e. The van der Waals surface area contributed by atoms with E-state index < -0.39 is 18.3 Å². The SMILES string of the molecule is CCCCCCCCCC[C@H](O)[C@@H]1CC[C@H]([C@H](O)CC[C@H](O)[C@H]2CC[C@@H](CCCCCC[C@@H]3C[C@@H](CC(C)=O)C(=O)O3)O2)O1. The van der Waals surface area contributed by atoms with Crippen molar-refractivity contribution in [1.29, 1.82) is 0 Å². The van der Waals surface area contributed by atoms with Gasteiger partial charge in [0.05, 0.1) is 48.6 Å². The molecule has 0 saturated carbocycles. The zero-order valence-electron chi connectivity index (χ0n) is 27.8. The summed E-state index contributed by atoms with van der Waals surface area (Å²) in [6, 6.07) is 0. The van der Waals surface area contributed by atoms with E-state index in [-0.39, 0.29) is 48.2 Å². The molecule has 0 aromatic carbocycles. The second-order valence-electron chi connectivity index (χ2n) is 14.1. The van der Waals surface area contributed by atoms with Crippen molar-refractivity contribution in [1.82, 2.24) is 0 Å². The van der Waals surface area contributed by atoms with E-state index in [9.17, 15) is 24.9 Å². The summed E-state index contributed by atoms with van der Waals surface area (Å²) in [6.45, 7) is 3.76. The predicted octanol–water partition coefficient (Wildman–Crippen LogP) is 6.73. The van der Waals surface area contributed by atoms with Crippen molar-refractivity contribution in [2.24, 2.45) is 5.92 Å². The number of cyclic esters (lactones) is 1. The highest BCUT2D eigenvalue weighted by Crippen LogP contribution is 2.31. The smallest absolute Gasteiger partial charge is 0.309 e. The minimum atomic E-state index is -0.630. The monoisotopic (exact) mass is 624 g/mol. The van der Waals surface area contributed by atoms with Gasteiger partial charge in [-0.3, -0.25) is 4.79 Å². The summed E-state index contributed by atoms with van der Waals surface area (Å²) in [4.78, 5) is 23.2. The Bertz CT molecular complexity index is 805. The average Bonchev–Trinajstić information content (AvgIpc) is 3.75. The Morgan fingerprint density at radius 2 is 1.18 bits per heavy atom. The van der Waals surface area contributed by atoms with Crippen LogP contribution in [0.25, 0.3) is 0 Å². The van der Waals surface area contributed by atoms with E-state index in [0.29, 0.717) is 25.7 Å². The van der Waals surface area contributed by atoms with Gasteiger partial charge in [-0.25, -0.2) is 0 Å². The summed E-state index contributed by atoms with van der Waals surface area (Å²) in [5.74, 6) is -0.419. The second-order valence-corrected chi connectivity index (χ2v) is 14.1. The van der Waals surface area contributed by atoms with E-state index in [0.717, 1.165) is 83.5 Å². The van der Waals surface area contributed by atoms with Gasteiger partial charge < -0.3 is 34.3 Å². The molecular weight excluding hydrogens is 560 g/mol. The molecule has 8 heteroatoms. The van der Waals surface area contributed by atoms with Crippen molar-refractivity contribution in [2.45, 2.75) is 210 Å². The summed E-state index contributed by atoms with van der Waals surface area (Å²) < 4.78 is 17.7. The Morgan fingerprint density at radius 1 is 0.682 bits per heavy atom. The molecule has 0 unspecified atom stereocenters. The molecule has 3 saturated heterocycles. The highest BCUT2D eigenvalue weighted by atomic mass is 16.6. The lowest BCUT2D eigenvalue weighted by molar-refractivity contribution is -0.145. The number of ketones is 1. The van der Waals surface area contributed by atoms with Crippen LogP contribution in [0.4, 0.5) is 0 Å². The van der Waals surface area contributed by atoms with Crippen molar-refractivity contribution in [3.8, 4) is 0 Å². The number of ether oxygens (including phenoxy) is 3. The van der Waals surface area contributed by atoms with Crippen LogP contribution in [0, 0.1) is 5.92 Å². The van der Waals surface area contributed by atoms with Gasteiger partial charge in [0, 0.05) is 6.42 Å². The summed E-state index contributed by atoms with van der Waals surface area (Å²) in [7, 11) is 0. The van der Waals surface area contributed by atoms with Gasteiger partial charge in [-0.2, -0.15) is 0 Å². The lowest BCUT2D eigenvalue weighted by Crippen LogP contribution is -2.33. The fourth-order valence-electron chi connectivity index (χ4n) is 7.38. The third-order valence-corrected chi connectivity index (χ3v) is 10.1.